The van der Waals surface area contributed by atoms with Crippen molar-refractivity contribution in [1.82, 2.24) is 0 Å². The van der Waals surface area contributed by atoms with Gasteiger partial charge in [-0.1, -0.05) is 17.7 Å². The first kappa shape index (κ1) is 18.2. The van der Waals surface area contributed by atoms with Gasteiger partial charge in [0.1, 0.15) is 30.5 Å². The molecule has 136 valence electrons. The van der Waals surface area contributed by atoms with Gasteiger partial charge in [-0.3, -0.25) is 0 Å². The smallest absolute Gasteiger partial charge is 0.206 e. The topological polar surface area (TPSA) is 65.7 Å². The van der Waals surface area contributed by atoms with Gasteiger partial charge >= 0.3 is 0 Å². The highest BCUT2D eigenvalue weighted by Crippen LogP contribution is 2.24. The molecule has 0 saturated heterocycles. The summed E-state index contributed by atoms with van der Waals surface area (Å²) in [4.78, 5) is 0.507. The van der Waals surface area contributed by atoms with Crippen molar-refractivity contribution >= 4 is 9.84 Å². The van der Waals surface area contributed by atoms with E-state index in [1.807, 2.05) is 19.1 Å². The van der Waals surface area contributed by atoms with E-state index in [1.165, 1.54) is 0 Å². The van der Waals surface area contributed by atoms with E-state index >= 15 is 0 Å². The molecule has 0 aliphatic heterocycles. The van der Waals surface area contributed by atoms with Gasteiger partial charge in [-0.15, -0.1) is 0 Å². The molecule has 6 heteroatoms. The molecule has 3 rings (SSSR count). The highest BCUT2D eigenvalue weighted by atomic mass is 32.2. The number of furan rings is 1. The van der Waals surface area contributed by atoms with Crippen LogP contribution >= 0.6 is 0 Å². The van der Waals surface area contributed by atoms with Crippen LogP contribution in [0, 0.1) is 6.92 Å². The maximum atomic E-state index is 12.6. The van der Waals surface area contributed by atoms with Gasteiger partial charge in [0.25, 0.3) is 0 Å². The number of hydrogen-bond donors (Lipinski definition) is 0. The van der Waals surface area contributed by atoms with E-state index in [-0.39, 0.29) is 16.4 Å². The number of methoxy groups -OCH3 is 1. The van der Waals surface area contributed by atoms with Gasteiger partial charge in [-0.25, -0.2) is 8.42 Å². The molecule has 0 spiro atoms. The second-order valence-corrected chi connectivity index (χ2v) is 7.83. The molecule has 26 heavy (non-hydrogen) atoms. The van der Waals surface area contributed by atoms with E-state index in [2.05, 4.69) is 0 Å². The molecule has 2 aromatic carbocycles. The van der Waals surface area contributed by atoms with E-state index in [0.29, 0.717) is 18.1 Å². The lowest BCUT2D eigenvalue weighted by Gasteiger charge is -2.07. The summed E-state index contributed by atoms with van der Waals surface area (Å²) in [5.74, 6) is 1.97. The molecular formula is C20H20O5S. The molecule has 5 nitrogen and oxygen atoms in total. The molecule has 0 radical (unpaired) electrons. The molecule has 0 unspecified atom stereocenters. The van der Waals surface area contributed by atoms with Crippen molar-refractivity contribution in [3.8, 4) is 5.75 Å². The lowest BCUT2D eigenvalue weighted by Crippen LogP contribution is -2.02. The van der Waals surface area contributed by atoms with E-state index < -0.39 is 9.84 Å². The van der Waals surface area contributed by atoms with E-state index in [4.69, 9.17) is 13.9 Å². The average Bonchev–Trinajstić information content (AvgIpc) is 3.09. The summed E-state index contributed by atoms with van der Waals surface area (Å²) in [6.07, 6.45) is 0. The van der Waals surface area contributed by atoms with Crippen LogP contribution in [0.4, 0.5) is 0 Å². The minimum atomic E-state index is -3.53. The van der Waals surface area contributed by atoms with Crippen molar-refractivity contribution in [1.29, 1.82) is 0 Å². The molecule has 1 heterocycles. The minimum Gasteiger partial charge on any atom is -0.486 e. The first-order valence-electron chi connectivity index (χ1n) is 8.10. The number of benzene rings is 2. The Hall–Kier alpha value is -2.57. The zero-order valence-electron chi connectivity index (χ0n) is 14.6. The highest BCUT2D eigenvalue weighted by molar-refractivity contribution is 7.91. The quantitative estimate of drug-likeness (QED) is 0.623. The molecule has 0 N–H and O–H groups in total. The Balaban J connectivity index is 1.68. The maximum absolute atomic E-state index is 12.6. The van der Waals surface area contributed by atoms with Crippen molar-refractivity contribution in [3.63, 3.8) is 0 Å². The number of sulfone groups is 1. The number of rotatable bonds is 7. The third-order valence-electron chi connectivity index (χ3n) is 3.85. The fourth-order valence-corrected chi connectivity index (χ4v) is 3.70. The van der Waals surface area contributed by atoms with Gasteiger partial charge in [-0.05, 0) is 55.5 Å². The normalized spacial score (nSPS) is 11.5. The zero-order valence-corrected chi connectivity index (χ0v) is 15.5. The Bertz CT molecular complexity index is 954. The Morgan fingerprint density at radius 1 is 0.808 bits per heavy atom. The second-order valence-electron chi connectivity index (χ2n) is 5.88. The van der Waals surface area contributed by atoms with Crippen LogP contribution in [0.3, 0.4) is 0 Å². The van der Waals surface area contributed by atoms with Crippen LogP contribution in [0.15, 0.2) is 74.9 Å². The molecule has 3 aromatic rings. The minimum absolute atomic E-state index is 0.231. The largest absolute Gasteiger partial charge is 0.486 e. The summed E-state index contributed by atoms with van der Waals surface area (Å²) < 4.78 is 41.5. The summed E-state index contributed by atoms with van der Waals surface area (Å²) >= 11 is 0. The predicted molar refractivity (Wildman–Crippen MR) is 96.8 cm³/mol. The molecule has 0 saturated carbocycles. The Morgan fingerprint density at radius 3 is 1.92 bits per heavy atom. The van der Waals surface area contributed by atoms with E-state index in [0.717, 1.165) is 11.3 Å². The SMILES string of the molecule is COCc1ccc(COc2ccc(S(=O)(=O)c3ccc(C)cc3)cc2)o1. The third kappa shape index (κ3) is 4.15. The Kier molecular flexibility index (Phi) is 5.44. The van der Waals surface area contributed by atoms with Crippen LogP contribution in [0.2, 0.25) is 0 Å². The van der Waals surface area contributed by atoms with E-state index in [1.54, 1.807) is 55.6 Å². The summed E-state index contributed by atoms with van der Waals surface area (Å²) in [6.45, 7) is 2.58. The summed E-state index contributed by atoms with van der Waals surface area (Å²) in [6, 6.07) is 16.8. The van der Waals surface area contributed by atoms with Gasteiger partial charge in [0.05, 0.1) is 9.79 Å². The standard InChI is InChI=1S/C20H20O5S/c1-15-3-9-19(10-4-15)26(21,22)20-11-7-16(8-12-20)24-14-18-6-5-17(25-18)13-23-2/h3-12H,13-14H2,1-2H3. The van der Waals surface area contributed by atoms with Gasteiger partial charge in [0, 0.05) is 7.11 Å². The molecule has 0 aliphatic carbocycles. The lowest BCUT2D eigenvalue weighted by molar-refractivity contribution is 0.159. The van der Waals surface area contributed by atoms with E-state index in [9.17, 15) is 8.42 Å². The maximum Gasteiger partial charge on any atom is 0.206 e. The van der Waals surface area contributed by atoms with Crippen LogP contribution in [-0.2, 0) is 27.8 Å². The van der Waals surface area contributed by atoms with Gasteiger partial charge < -0.3 is 13.9 Å². The van der Waals surface area contributed by atoms with Gasteiger partial charge in [0.2, 0.25) is 9.84 Å². The van der Waals surface area contributed by atoms with Crippen LogP contribution in [0.5, 0.6) is 5.75 Å². The summed E-state index contributed by atoms with van der Waals surface area (Å²) in [7, 11) is -1.93. The first-order chi connectivity index (χ1) is 12.5. The second kappa shape index (κ2) is 7.76. The molecule has 0 fully saturated rings. The molecule has 0 atom stereocenters. The van der Waals surface area contributed by atoms with Crippen LogP contribution < -0.4 is 4.74 Å². The molecule has 1 aromatic heterocycles. The summed E-state index contributed by atoms with van der Waals surface area (Å²) in [5, 5.41) is 0. The van der Waals surface area contributed by atoms with Gasteiger partial charge in [0.15, 0.2) is 0 Å². The van der Waals surface area contributed by atoms with Crippen molar-refractivity contribution in [2.24, 2.45) is 0 Å². The average molecular weight is 372 g/mol. The van der Waals surface area contributed by atoms with Crippen molar-refractivity contribution in [2.75, 3.05) is 7.11 Å². The third-order valence-corrected chi connectivity index (χ3v) is 5.64. The number of hydrogen-bond acceptors (Lipinski definition) is 5. The fraction of sp³-hybridized carbons (Fsp3) is 0.200. The molecular weight excluding hydrogens is 352 g/mol. The highest BCUT2D eigenvalue weighted by Gasteiger charge is 2.17. The summed E-state index contributed by atoms with van der Waals surface area (Å²) in [5.41, 5.74) is 1.01. The zero-order chi connectivity index (χ0) is 18.6. The van der Waals surface area contributed by atoms with Gasteiger partial charge in [-0.2, -0.15) is 0 Å². The molecule has 0 aliphatic rings. The van der Waals surface area contributed by atoms with Crippen molar-refractivity contribution < 1.29 is 22.3 Å². The monoisotopic (exact) mass is 372 g/mol. The van der Waals surface area contributed by atoms with Crippen LogP contribution in [-0.4, -0.2) is 15.5 Å². The Morgan fingerprint density at radius 2 is 1.35 bits per heavy atom. The molecule has 0 bridgehead atoms. The number of aryl methyl sites for hydroxylation is 1. The van der Waals surface area contributed by atoms with Crippen LogP contribution in [0.1, 0.15) is 17.1 Å². The fourth-order valence-electron chi connectivity index (χ4n) is 2.44. The lowest BCUT2D eigenvalue weighted by atomic mass is 10.2. The van der Waals surface area contributed by atoms with Crippen molar-refractivity contribution in [3.05, 3.63) is 77.7 Å². The molecule has 0 amide bonds. The number of ether oxygens (including phenoxy) is 2. The first-order valence-corrected chi connectivity index (χ1v) is 9.58. The van der Waals surface area contributed by atoms with Crippen molar-refractivity contribution in [2.45, 2.75) is 29.9 Å². The van der Waals surface area contributed by atoms with Crippen LogP contribution in [0.25, 0.3) is 0 Å². The Labute approximate surface area is 153 Å². The predicted octanol–water partition coefficient (Wildman–Crippen LogP) is 4.15.